The maximum Gasteiger partial charge on any atom is 0.337 e. The highest BCUT2D eigenvalue weighted by atomic mass is 35.5. The van der Waals surface area contributed by atoms with E-state index in [4.69, 9.17) is 52.1 Å². The van der Waals surface area contributed by atoms with Crippen LogP contribution in [0, 0.1) is 0 Å². The zero-order chi connectivity index (χ0) is 17.9. The molecule has 0 aliphatic heterocycles. The smallest absolute Gasteiger partial charge is 0.337 e. The van der Waals surface area contributed by atoms with Crippen molar-refractivity contribution in [2.75, 3.05) is 5.32 Å². The lowest BCUT2D eigenvalue weighted by molar-refractivity contribution is 0.0698. The Balaban J connectivity index is 2.15. The molecule has 0 bridgehead atoms. The van der Waals surface area contributed by atoms with Crippen LogP contribution in [-0.2, 0) is 0 Å². The Morgan fingerprint density at radius 2 is 1.75 bits per heavy atom. The van der Waals surface area contributed by atoms with Gasteiger partial charge in [-0.25, -0.2) is 4.79 Å². The third-order valence-corrected chi connectivity index (χ3v) is 4.14. The van der Waals surface area contributed by atoms with Gasteiger partial charge in [0.2, 0.25) is 0 Å². The molecule has 24 heavy (non-hydrogen) atoms. The van der Waals surface area contributed by atoms with E-state index in [-0.39, 0.29) is 37.0 Å². The van der Waals surface area contributed by atoms with Crippen molar-refractivity contribution in [2.24, 2.45) is 0 Å². The largest absolute Gasteiger partial charge is 0.478 e. The monoisotopic (exact) mass is 402 g/mol. The van der Waals surface area contributed by atoms with Crippen LogP contribution in [0.3, 0.4) is 0 Å². The second-order valence-electron chi connectivity index (χ2n) is 4.50. The Morgan fingerprint density at radius 3 is 2.42 bits per heavy atom. The average Bonchev–Trinajstić information content (AvgIpc) is 2.51. The van der Waals surface area contributed by atoms with Crippen LogP contribution in [0.5, 0.6) is 0 Å². The number of anilines is 1. The third kappa shape index (κ3) is 4.36. The van der Waals surface area contributed by atoms with Gasteiger partial charge in [0.05, 0.1) is 26.9 Å². The molecule has 0 radical (unpaired) electrons. The number of carboxylic acids is 1. The summed E-state index contributed by atoms with van der Waals surface area (Å²) in [6.07, 6.45) is 0. The number of hydrogen-bond acceptors (Lipinski definition) is 3. The normalized spacial score (nSPS) is 10.1. The molecule has 0 fully saturated rings. The summed E-state index contributed by atoms with van der Waals surface area (Å²) in [5.74, 6) is -1.77. The zero-order valence-electron chi connectivity index (χ0n) is 11.8. The molecule has 0 saturated carbocycles. The van der Waals surface area contributed by atoms with Crippen LogP contribution in [0.4, 0.5) is 5.69 Å². The highest BCUT2D eigenvalue weighted by Gasteiger charge is 2.16. The summed E-state index contributed by atoms with van der Waals surface area (Å²) in [5.41, 5.74) is 0.247. The molecule has 0 aromatic heterocycles. The summed E-state index contributed by atoms with van der Waals surface area (Å²) in [5, 5.41) is 14.7. The molecule has 3 N–H and O–H groups in total. The fourth-order valence-corrected chi connectivity index (χ4v) is 2.57. The number of thiocarbonyl (C=S) groups is 1. The van der Waals surface area contributed by atoms with Crippen molar-refractivity contribution >= 4 is 69.7 Å². The van der Waals surface area contributed by atoms with E-state index in [1.54, 1.807) is 12.1 Å². The highest BCUT2D eigenvalue weighted by molar-refractivity contribution is 7.80. The average molecular weight is 404 g/mol. The summed E-state index contributed by atoms with van der Waals surface area (Å²) in [6, 6.07) is 8.80. The van der Waals surface area contributed by atoms with Crippen molar-refractivity contribution in [3.63, 3.8) is 0 Å². The molecule has 5 nitrogen and oxygen atoms in total. The van der Waals surface area contributed by atoms with Crippen molar-refractivity contribution in [2.45, 2.75) is 0 Å². The van der Waals surface area contributed by atoms with Crippen LogP contribution in [-0.4, -0.2) is 22.1 Å². The first-order valence-corrected chi connectivity index (χ1v) is 7.93. The molecular weight excluding hydrogens is 395 g/mol. The minimum atomic E-state index is -1.19. The molecule has 0 saturated heterocycles. The molecule has 0 atom stereocenters. The molecule has 0 aliphatic rings. The number of halogens is 3. The zero-order valence-corrected chi connectivity index (χ0v) is 14.9. The molecule has 9 heteroatoms. The van der Waals surface area contributed by atoms with Gasteiger partial charge in [-0.05, 0) is 42.5 Å². The Labute approximate surface area is 157 Å². The van der Waals surface area contributed by atoms with Gasteiger partial charge >= 0.3 is 5.97 Å². The van der Waals surface area contributed by atoms with Crippen molar-refractivity contribution in [1.29, 1.82) is 0 Å². The van der Waals surface area contributed by atoms with E-state index in [0.717, 1.165) is 0 Å². The third-order valence-electron chi connectivity index (χ3n) is 2.88. The SMILES string of the molecule is O=C(O)c1cc(Cl)ccc1NC(=S)NC(=O)c1cccc(Cl)c1Cl. The lowest BCUT2D eigenvalue weighted by atomic mass is 10.2. The molecule has 1 amide bonds. The van der Waals surface area contributed by atoms with Crippen molar-refractivity contribution in [3.8, 4) is 0 Å². The minimum absolute atomic E-state index is 0.0834. The predicted molar refractivity (Wildman–Crippen MR) is 98.6 cm³/mol. The summed E-state index contributed by atoms with van der Waals surface area (Å²) in [7, 11) is 0. The van der Waals surface area contributed by atoms with Crippen molar-refractivity contribution < 1.29 is 14.7 Å². The van der Waals surface area contributed by atoms with Gasteiger partial charge in [0.1, 0.15) is 0 Å². The highest BCUT2D eigenvalue weighted by Crippen LogP contribution is 2.25. The van der Waals surface area contributed by atoms with Crippen LogP contribution in [0.25, 0.3) is 0 Å². The van der Waals surface area contributed by atoms with Crippen LogP contribution >= 0.6 is 47.0 Å². The van der Waals surface area contributed by atoms with Crippen LogP contribution in [0.2, 0.25) is 15.1 Å². The molecule has 2 aromatic rings. The first-order chi connectivity index (χ1) is 11.3. The Kier molecular flexibility index (Phi) is 6.01. The first kappa shape index (κ1) is 18.5. The summed E-state index contributed by atoms with van der Waals surface area (Å²) in [4.78, 5) is 23.4. The number of nitrogens with one attached hydrogen (secondary N) is 2. The van der Waals surface area contributed by atoms with Gasteiger partial charge < -0.3 is 10.4 Å². The van der Waals surface area contributed by atoms with E-state index >= 15 is 0 Å². The van der Waals surface area contributed by atoms with Gasteiger partial charge in [-0.1, -0.05) is 40.9 Å². The first-order valence-electron chi connectivity index (χ1n) is 6.38. The maximum absolute atomic E-state index is 12.2. The molecule has 0 unspecified atom stereocenters. The second kappa shape index (κ2) is 7.81. The van der Waals surface area contributed by atoms with Gasteiger partial charge in [-0.15, -0.1) is 0 Å². The standard InChI is InChI=1S/C15H9Cl3N2O3S/c16-7-4-5-11(9(6-7)14(22)23)19-15(24)20-13(21)8-2-1-3-10(17)12(8)18/h1-6H,(H,22,23)(H2,19,20,21,24). The minimum Gasteiger partial charge on any atom is -0.478 e. The van der Waals surface area contributed by atoms with E-state index in [9.17, 15) is 9.59 Å². The van der Waals surface area contributed by atoms with Crippen LogP contribution < -0.4 is 10.6 Å². The summed E-state index contributed by atoms with van der Waals surface area (Å²) < 4.78 is 0. The van der Waals surface area contributed by atoms with E-state index in [1.807, 2.05) is 0 Å². The number of aromatic carboxylic acids is 1. The Bertz CT molecular complexity index is 843. The van der Waals surface area contributed by atoms with Crippen molar-refractivity contribution in [3.05, 3.63) is 62.6 Å². The maximum atomic E-state index is 12.2. The number of hydrogen-bond donors (Lipinski definition) is 3. The number of carbonyl (C=O) groups is 2. The van der Waals surface area contributed by atoms with E-state index < -0.39 is 11.9 Å². The summed E-state index contributed by atoms with van der Waals surface area (Å²) in [6.45, 7) is 0. The predicted octanol–water partition coefficient (Wildman–Crippen LogP) is 4.47. The number of carbonyl (C=O) groups excluding carboxylic acids is 1. The van der Waals surface area contributed by atoms with Gasteiger partial charge in [0.15, 0.2) is 5.11 Å². The van der Waals surface area contributed by atoms with Gasteiger partial charge in [0, 0.05) is 5.02 Å². The number of carboxylic acid groups (broad SMARTS) is 1. The fraction of sp³-hybridized carbons (Fsp3) is 0. The number of amides is 1. The van der Waals surface area contributed by atoms with Gasteiger partial charge in [0.25, 0.3) is 5.91 Å². The second-order valence-corrected chi connectivity index (χ2v) is 6.13. The molecule has 0 spiro atoms. The Morgan fingerprint density at radius 1 is 1.04 bits per heavy atom. The number of benzene rings is 2. The van der Waals surface area contributed by atoms with E-state index in [2.05, 4.69) is 10.6 Å². The Hall–Kier alpha value is -1.86. The lowest BCUT2D eigenvalue weighted by Crippen LogP contribution is -2.34. The van der Waals surface area contributed by atoms with Crippen molar-refractivity contribution in [1.82, 2.24) is 5.32 Å². The van der Waals surface area contributed by atoms with Gasteiger partial charge in [-0.2, -0.15) is 0 Å². The van der Waals surface area contributed by atoms with E-state index in [0.29, 0.717) is 0 Å². The quantitative estimate of drug-likeness (QED) is 0.659. The molecular formula is C15H9Cl3N2O3S. The molecule has 0 heterocycles. The molecule has 2 aromatic carbocycles. The number of rotatable bonds is 3. The molecule has 124 valence electrons. The molecule has 0 aliphatic carbocycles. The van der Waals surface area contributed by atoms with Crippen LogP contribution in [0.15, 0.2) is 36.4 Å². The summed E-state index contributed by atoms with van der Waals surface area (Å²) >= 11 is 22.6. The fourth-order valence-electron chi connectivity index (χ4n) is 1.81. The van der Waals surface area contributed by atoms with E-state index in [1.165, 1.54) is 24.3 Å². The molecule has 2 rings (SSSR count). The topological polar surface area (TPSA) is 78.4 Å². The van der Waals surface area contributed by atoms with Crippen LogP contribution in [0.1, 0.15) is 20.7 Å². The lowest BCUT2D eigenvalue weighted by Gasteiger charge is -2.12. The van der Waals surface area contributed by atoms with Gasteiger partial charge in [-0.3, -0.25) is 10.1 Å².